The third-order valence-corrected chi connectivity index (χ3v) is 4.20. The fourth-order valence-corrected chi connectivity index (χ4v) is 2.22. The molecule has 0 bridgehead atoms. The summed E-state index contributed by atoms with van der Waals surface area (Å²) in [7, 11) is 0. The molecular formula is C18H27N3O2. The van der Waals surface area contributed by atoms with Gasteiger partial charge in [0.1, 0.15) is 0 Å². The number of carbonyl (C=O) groups is 2. The Kier molecular flexibility index (Phi) is 5.09. The Morgan fingerprint density at radius 2 is 1.74 bits per heavy atom. The van der Waals surface area contributed by atoms with Crippen molar-refractivity contribution in [3.63, 3.8) is 0 Å². The molecule has 4 N–H and O–H groups in total. The normalized spacial score (nSPS) is 17.3. The van der Waals surface area contributed by atoms with E-state index in [1.807, 2.05) is 52.0 Å². The molecule has 5 heteroatoms. The van der Waals surface area contributed by atoms with Gasteiger partial charge in [-0.05, 0) is 42.9 Å². The van der Waals surface area contributed by atoms with Crippen LogP contribution in [-0.2, 0) is 9.59 Å². The number of hydrogen-bond acceptors (Lipinski definition) is 3. The van der Waals surface area contributed by atoms with Crippen LogP contribution in [0.2, 0.25) is 0 Å². The van der Waals surface area contributed by atoms with Crippen molar-refractivity contribution >= 4 is 17.5 Å². The first-order chi connectivity index (χ1) is 10.7. The summed E-state index contributed by atoms with van der Waals surface area (Å²) in [6.45, 7) is 7.75. The van der Waals surface area contributed by atoms with Gasteiger partial charge >= 0.3 is 0 Å². The lowest BCUT2D eigenvalue weighted by Gasteiger charge is -2.27. The Hall–Kier alpha value is -1.88. The predicted molar refractivity (Wildman–Crippen MR) is 91.8 cm³/mol. The van der Waals surface area contributed by atoms with Gasteiger partial charge in [-0.1, -0.05) is 32.9 Å². The Morgan fingerprint density at radius 1 is 1.17 bits per heavy atom. The molecule has 1 saturated carbocycles. The van der Waals surface area contributed by atoms with Crippen LogP contribution in [-0.4, -0.2) is 17.9 Å². The molecule has 23 heavy (non-hydrogen) atoms. The summed E-state index contributed by atoms with van der Waals surface area (Å²) in [6.07, 6.45) is 1.97. The number of amides is 2. The third-order valence-electron chi connectivity index (χ3n) is 4.20. The smallest absolute Gasteiger partial charge is 0.237 e. The summed E-state index contributed by atoms with van der Waals surface area (Å²) < 4.78 is 0. The summed E-state index contributed by atoms with van der Waals surface area (Å²) in [5, 5.41) is 5.84. The van der Waals surface area contributed by atoms with Crippen molar-refractivity contribution in [2.45, 2.75) is 52.6 Å². The number of carbonyl (C=O) groups excluding carboxylic acids is 2. The largest absolute Gasteiger partial charge is 0.348 e. The van der Waals surface area contributed by atoms with Crippen LogP contribution >= 0.6 is 0 Å². The average molecular weight is 317 g/mol. The zero-order chi connectivity index (χ0) is 17.2. The lowest BCUT2D eigenvalue weighted by molar-refractivity contribution is -0.125. The van der Waals surface area contributed by atoms with E-state index < -0.39 is 6.04 Å². The van der Waals surface area contributed by atoms with Gasteiger partial charge in [-0.2, -0.15) is 0 Å². The second-order valence-electron chi connectivity index (χ2n) is 7.46. The molecule has 1 unspecified atom stereocenters. The van der Waals surface area contributed by atoms with Crippen molar-refractivity contribution in [2.24, 2.45) is 17.1 Å². The van der Waals surface area contributed by atoms with Crippen molar-refractivity contribution in [1.82, 2.24) is 5.32 Å². The number of nitrogens with one attached hydrogen (secondary N) is 2. The zero-order valence-electron chi connectivity index (χ0n) is 14.3. The lowest BCUT2D eigenvalue weighted by Crippen LogP contribution is -2.49. The first kappa shape index (κ1) is 17.5. The molecule has 0 aromatic heterocycles. The standard InChI is InChI=1S/C18H27N3O2/c1-11(20-17(23)15(19)18(2,3)4)12-7-9-14(10-8-12)21-16(22)13-5-6-13/h7-11,13,15H,5-6,19H2,1-4H3,(H,20,23)(H,21,22)/t11?,15-/m1/s1. The van der Waals surface area contributed by atoms with Crippen LogP contribution in [0.25, 0.3) is 0 Å². The number of anilines is 1. The number of benzene rings is 1. The number of hydrogen-bond donors (Lipinski definition) is 3. The zero-order valence-corrected chi connectivity index (χ0v) is 14.3. The van der Waals surface area contributed by atoms with Crippen LogP contribution < -0.4 is 16.4 Å². The third kappa shape index (κ3) is 4.79. The average Bonchev–Trinajstić information content (AvgIpc) is 3.30. The second kappa shape index (κ2) is 6.71. The predicted octanol–water partition coefficient (Wildman–Crippen LogP) is 2.59. The molecule has 1 aliphatic carbocycles. The Balaban J connectivity index is 1.93. The van der Waals surface area contributed by atoms with Crippen molar-refractivity contribution in [3.05, 3.63) is 29.8 Å². The van der Waals surface area contributed by atoms with Crippen LogP contribution in [0.15, 0.2) is 24.3 Å². The molecule has 5 nitrogen and oxygen atoms in total. The molecule has 2 amide bonds. The van der Waals surface area contributed by atoms with Crippen LogP contribution in [0.5, 0.6) is 0 Å². The first-order valence-electron chi connectivity index (χ1n) is 8.15. The van der Waals surface area contributed by atoms with Crippen LogP contribution in [0.3, 0.4) is 0 Å². The van der Waals surface area contributed by atoms with Crippen molar-refractivity contribution in [2.75, 3.05) is 5.32 Å². The molecule has 1 aromatic carbocycles. The van der Waals surface area contributed by atoms with E-state index in [9.17, 15) is 9.59 Å². The van der Waals surface area contributed by atoms with Crippen molar-refractivity contribution in [3.8, 4) is 0 Å². The maximum atomic E-state index is 12.2. The van der Waals surface area contributed by atoms with Gasteiger partial charge in [0.15, 0.2) is 0 Å². The van der Waals surface area contributed by atoms with Crippen LogP contribution in [0, 0.1) is 11.3 Å². The lowest BCUT2D eigenvalue weighted by atomic mass is 9.86. The van der Waals surface area contributed by atoms with Gasteiger partial charge in [0, 0.05) is 11.6 Å². The molecule has 1 aliphatic rings. The van der Waals surface area contributed by atoms with Gasteiger partial charge < -0.3 is 16.4 Å². The maximum absolute atomic E-state index is 12.2. The van der Waals surface area contributed by atoms with E-state index in [4.69, 9.17) is 5.73 Å². The quantitative estimate of drug-likeness (QED) is 0.780. The van der Waals surface area contributed by atoms with Crippen LogP contribution in [0.1, 0.15) is 52.1 Å². The van der Waals surface area contributed by atoms with Gasteiger partial charge in [-0.3, -0.25) is 9.59 Å². The minimum absolute atomic E-state index is 0.0928. The highest BCUT2D eigenvalue weighted by Crippen LogP contribution is 2.30. The Bertz CT molecular complexity index is 571. The van der Waals surface area contributed by atoms with Crippen molar-refractivity contribution < 1.29 is 9.59 Å². The molecule has 2 rings (SSSR count). The van der Waals surface area contributed by atoms with Gasteiger partial charge in [0.25, 0.3) is 0 Å². The highest BCUT2D eigenvalue weighted by molar-refractivity contribution is 5.94. The maximum Gasteiger partial charge on any atom is 0.237 e. The van der Waals surface area contributed by atoms with E-state index in [1.165, 1.54) is 0 Å². The molecule has 1 fully saturated rings. The summed E-state index contributed by atoms with van der Waals surface area (Å²) >= 11 is 0. The fourth-order valence-electron chi connectivity index (χ4n) is 2.22. The molecule has 2 atom stereocenters. The Morgan fingerprint density at radius 3 is 2.22 bits per heavy atom. The first-order valence-corrected chi connectivity index (χ1v) is 8.15. The highest BCUT2D eigenvalue weighted by Gasteiger charge is 2.30. The number of rotatable bonds is 5. The molecule has 0 aliphatic heterocycles. The van der Waals surface area contributed by atoms with Crippen molar-refractivity contribution in [1.29, 1.82) is 0 Å². The molecule has 126 valence electrons. The van der Waals surface area contributed by atoms with Gasteiger partial charge in [-0.25, -0.2) is 0 Å². The topological polar surface area (TPSA) is 84.2 Å². The van der Waals surface area contributed by atoms with Gasteiger partial charge in [0.05, 0.1) is 12.1 Å². The minimum atomic E-state index is -0.554. The second-order valence-corrected chi connectivity index (χ2v) is 7.46. The molecule has 1 aromatic rings. The highest BCUT2D eigenvalue weighted by atomic mass is 16.2. The van der Waals surface area contributed by atoms with E-state index in [0.29, 0.717) is 0 Å². The monoisotopic (exact) mass is 317 g/mol. The molecule has 0 spiro atoms. The minimum Gasteiger partial charge on any atom is -0.348 e. The Labute approximate surface area is 138 Å². The van der Waals surface area contributed by atoms with E-state index in [2.05, 4.69) is 10.6 Å². The molecule has 0 saturated heterocycles. The summed E-state index contributed by atoms with van der Waals surface area (Å²) in [4.78, 5) is 23.9. The molecule has 0 heterocycles. The van der Waals surface area contributed by atoms with Crippen LogP contribution in [0.4, 0.5) is 5.69 Å². The molecular weight excluding hydrogens is 290 g/mol. The van der Waals surface area contributed by atoms with E-state index in [1.54, 1.807) is 0 Å². The van der Waals surface area contributed by atoms with E-state index in [0.717, 1.165) is 24.1 Å². The van der Waals surface area contributed by atoms with Gasteiger partial charge in [0.2, 0.25) is 11.8 Å². The summed E-state index contributed by atoms with van der Waals surface area (Å²) in [5.74, 6) is 0.123. The fraction of sp³-hybridized carbons (Fsp3) is 0.556. The summed E-state index contributed by atoms with van der Waals surface area (Å²) in [6, 6.07) is 6.86. The molecule has 0 radical (unpaired) electrons. The summed E-state index contributed by atoms with van der Waals surface area (Å²) in [5.41, 5.74) is 7.46. The van der Waals surface area contributed by atoms with E-state index >= 15 is 0 Å². The van der Waals surface area contributed by atoms with E-state index in [-0.39, 0.29) is 29.2 Å². The SMILES string of the molecule is CC(NC(=O)[C@@H](N)C(C)(C)C)c1ccc(NC(=O)C2CC2)cc1. The van der Waals surface area contributed by atoms with Gasteiger partial charge in [-0.15, -0.1) is 0 Å². The number of nitrogens with two attached hydrogens (primary N) is 1.